The maximum atomic E-state index is 11.6. The van der Waals surface area contributed by atoms with Crippen molar-refractivity contribution in [3.05, 3.63) is 18.2 Å². The topological polar surface area (TPSA) is 67.6 Å². The summed E-state index contributed by atoms with van der Waals surface area (Å²) in [5, 5.41) is 2.72. The van der Waals surface area contributed by atoms with E-state index >= 15 is 0 Å². The average Bonchev–Trinajstić information content (AvgIpc) is 2.46. The van der Waals surface area contributed by atoms with Crippen LogP contribution in [0.1, 0.15) is 12.8 Å². The lowest BCUT2D eigenvalue weighted by molar-refractivity contribution is -0.125. The molecule has 0 radical (unpaired) electrons. The van der Waals surface area contributed by atoms with Crippen LogP contribution in [0.15, 0.2) is 18.2 Å². The van der Waals surface area contributed by atoms with Gasteiger partial charge in [0.25, 0.3) is 0 Å². The lowest BCUT2D eigenvalue weighted by atomic mass is 9.95. The van der Waals surface area contributed by atoms with Crippen molar-refractivity contribution in [1.82, 2.24) is 5.32 Å². The first kappa shape index (κ1) is 13.5. The second kappa shape index (κ2) is 5.82. The number of hydrogen-bond acceptors (Lipinski definition) is 4. The van der Waals surface area contributed by atoms with Gasteiger partial charge < -0.3 is 20.7 Å². The summed E-state index contributed by atoms with van der Waals surface area (Å²) in [7, 11) is 3.32. The Balaban J connectivity index is 2.03. The number of rotatable bonds is 3. The highest BCUT2D eigenvalue weighted by molar-refractivity contribution is 5.79. The molecule has 0 spiro atoms. The van der Waals surface area contributed by atoms with Gasteiger partial charge in [0.15, 0.2) is 0 Å². The lowest BCUT2D eigenvalue weighted by Gasteiger charge is -2.33. The van der Waals surface area contributed by atoms with E-state index in [1.165, 1.54) is 0 Å². The highest BCUT2D eigenvalue weighted by atomic mass is 16.5. The van der Waals surface area contributed by atoms with Gasteiger partial charge in [0.1, 0.15) is 5.75 Å². The molecule has 2 rings (SSSR count). The number of nitrogens with two attached hydrogens (primary N) is 1. The Hall–Kier alpha value is -1.91. The number of nitrogens with zero attached hydrogens (tertiary/aromatic N) is 1. The van der Waals surface area contributed by atoms with Crippen LogP contribution in [0.5, 0.6) is 5.75 Å². The van der Waals surface area contributed by atoms with Gasteiger partial charge in [0.2, 0.25) is 5.91 Å². The van der Waals surface area contributed by atoms with E-state index in [4.69, 9.17) is 10.5 Å². The molecule has 1 aromatic carbocycles. The molecule has 1 amide bonds. The third kappa shape index (κ3) is 2.92. The molecular formula is C14H21N3O2. The summed E-state index contributed by atoms with van der Waals surface area (Å²) in [4.78, 5) is 13.8. The van der Waals surface area contributed by atoms with Gasteiger partial charge in [-0.2, -0.15) is 0 Å². The van der Waals surface area contributed by atoms with Crippen molar-refractivity contribution < 1.29 is 9.53 Å². The van der Waals surface area contributed by atoms with Crippen molar-refractivity contribution in [3.8, 4) is 5.75 Å². The largest absolute Gasteiger partial charge is 0.497 e. The number of benzene rings is 1. The molecule has 1 saturated heterocycles. The Bertz CT molecular complexity index is 454. The fourth-order valence-corrected chi connectivity index (χ4v) is 2.53. The van der Waals surface area contributed by atoms with E-state index in [1.54, 1.807) is 14.2 Å². The summed E-state index contributed by atoms with van der Waals surface area (Å²) in [6.45, 7) is 1.71. The Morgan fingerprint density at radius 1 is 1.42 bits per heavy atom. The number of ether oxygens (including phenoxy) is 1. The standard InChI is InChI=1S/C14H21N3O2/c1-16-14(18)10-5-7-17(8-6-10)13-4-3-11(19-2)9-12(13)15/h3-4,9-10H,5-8,15H2,1-2H3,(H,16,18). The first-order valence-corrected chi connectivity index (χ1v) is 6.55. The summed E-state index contributed by atoms with van der Waals surface area (Å²) in [6, 6.07) is 5.73. The van der Waals surface area contributed by atoms with Crippen LogP contribution in [0, 0.1) is 5.92 Å². The maximum absolute atomic E-state index is 11.6. The van der Waals surface area contributed by atoms with Crippen molar-refractivity contribution in [3.63, 3.8) is 0 Å². The van der Waals surface area contributed by atoms with Crippen LogP contribution in [0.4, 0.5) is 11.4 Å². The smallest absolute Gasteiger partial charge is 0.222 e. The molecule has 0 atom stereocenters. The Morgan fingerprint density at radius 3 is 2.63 bits per heavy atom. The average molecular weight is 263 g/mol. The number of nitrogens with one attached hydrogen (secondary N) is 1. The van der Waals surface area contributed by atoms with E-state index in [9.17, 15) is 4.79 Å². The summed E-state index contributed by atoms with van der Waals surface area (Å²) in [5.74, 6) is 1.03. The SMILES string of the molecule is CNC(=O)C1CCN(c2ccc(OC)cc2N)CC1. The zero-order chi connectivity index (χ0) is 13.8. The zero-order valence-corrected chi connectivity index (χ0v) is 11.5. The van der Waals surface area contributed by atoms with E-state index < -0.39 is 0 Å². The molecule has 5 nitrogen and oxygen atoms in total. The molecule has 1 fully saturated rings. The molecule has 0 bridgehead atoms. The third-order valence-corrected chi connectivity index (χ3v) is 3.69. The number of amides is 1. The van der Waals surface area contributed by atoms with Crippen LogP contribution < -0.4 is 20.7 Å². The summed E-state index contributed by atoms with van der Waals surface area (Å²) in [6.07, 6.45) is 1.73. The Morgan fingerprint density at radius 2 is 2.11 bits per heavy atom. The Kier molecular flexibility index (Phi) is 4.14. The normalized spacial score (nSPS) is 16.2. The van der Waals surface area contributed by atoms with Crippen LogP contribution >= 0.6 is 0 Å². The van der Waals surface area contributed by atoms with Gasteiger partial charge in [-0.05, 0) is 25.0 Å². The molecule has 1 heterocycles. The number of carbonyl (C=O) groups is 1. The van der Waals surface area contributed by atoms with Gasteiger partial charge in [-0.1, -0.05) is 0 Å². The lowest BCUT2D eigenvalue weighted by Crippen LogP contribution is -2.39. The maximum Gasteiger partial charge on any atom is 0.222 e. The van der Waals surface area contributed by atoms with E-state index in [1.807, 2.05) is 18.2 Å². The first-order chi connectivity index (χ1) is 9.15. The number of methoxy groups -OCH3 is 1. The molecule has 1 aliphatic heterocycles. The number of carbonyl (C=O) groups excluding carboxylic acids is 1. The predicted molar refractivity (Wildman–Crippen MR) is 76.4 cm³/mol. The number of nitrogen functional groups attached to an aromatic ring is 1. The van der Waals surface area contributed by atoms with Gasteiger partial charge in [0, 0.05) is 32.1 Å². The number of piperidine rings is 1. The minimum atomic E-state index is 0.126. The van der Waals surface area contributed by atoms with E-state index in [-0.39, 0.29) is 11.8 Å². The number of hydrogen-bond donors (Lipinski definition) is 2. The molecule has 104 valence electrons. The summed E-state index contributed by atoms with van der Waals surface area (Å²) < 4.78 is 5.15. The van der Waals surface area contributed by atoms with E-state index in [0.717, 1.165) is 43.1 Å². The van der Waals surface area contributed by atoms with Gasteiger partial charge >= 0.3 is 0 Å². The zero-order valence-electron chi connectivity index (χ0n) is 11.5. The van der Waals surface area contributed by atoms with Crippen LogP contribution in [-0.2, 0) is 4.79 Å². The highest BCUT2D eigenvalue weighted by Gasteiger charge is 2.25. The van der Waals surface area contributed by atoms with Crippen LogP contribution in [0.3, 0.4) is 0 Å². The summed E-state index contributed by atoms with van der Waals surface area (Å²) in [5.41, 5.74) is 7.79. The minimum absolute atomic E-state index is 0.126. The molecule has 3 N–H and O–H groups in total. The van der Waals surface area contributed by atoms with Crippen LogP contribution in [0.25, 0.3) is 0 Å². The fraction of sp³-hybridized carbons (Fsp3) is 0.500. The van der Waals surface area contributed by atoms with Gasteiger partial charge in [-0.3, -0.25) is 4.79 Å². The molecule has 0 saturated carbocycles. The fourth-order valence-electron chi connectivity index (χ4n) is 2.53. The van der Waals surface area contributed by atoms with Crippen molar-refractivity contribution in [2.75, 3.05) is 37.9 Å². The minimum Gasteiger partial charge on any atom is -0.497 e. The monoisotopic (exact) mass is 263 g/mol. The molecule has 5 heteroatoms. The second-order valence-electron chi connectivity index (χ2n) is 4.80. The molecule has 0 aliphatic carbocycles. The molecule has 1 aliphatic rings. The van der Waals surface area contributed by atoms with Crippen LogP contribution in [-0.4, -0.2) is 33.2 Å². The van der Waals surface area contributed by atoms with Crippen molar-refractivity contribution in [1.29, 1.82) is 0 Å². The van der Waals surface area contributed by atoms with E-state index in [2.05, 4.69) is 10.2 Å². The van der Waals surface area contributed by atoms with Gasteiger partial charge in [-0.25, -0.2) is 0 Å². The Labute approximate surface area is 113 Å². The van der Waals surface area contributed by atoms with Crippen LogP contribution in [0.2, 0.25) is 0 Å². The van der Waals surface area contributed by atoms with E-state index in [0.29, 0.717) is 0 Å². The third-order valence-electron chi connectivity index (χ3n) is 3.69. The highest BCUT2D eigenvalue weighted by Crippen LogP contribution is 2.30. The van der Waals surface area contributed by atoms with Crippen molar-refractivity contribution in [2.45, 2.75) is 12.8 Å². The molecule has 0 aromatic heterocycles. The molecule has 19 heavy (non-hydrogen) atoms. The summed E-state index contributed by atoms with van der Waals surface area (Å²) >= 11 is 0. The molecule has 0 unspecified atom stereocenters. The van der Waals surface area contributed by atoms with Crippen molar-refractivity contribution in [2.24, 2.45) is 5.92 Å². The molecule has 1 aromatic rings. The van der Waals surface area contributed by atoms with Crippen molar-refractivity contribution >= 4 is 17.3 Å². The second-order valence-corrected chi connectivity index (χ2v) is 4.80. The van der Waals surface area contributed by atoms with Gasteiger partial charge in [0.05, 0.1) is 18.5 Å². The first-order valence-electron chi connectivity index (χ1n) is 6.55. The predicted octanol–water partition coefficient (Wildman–Crippen LogP) is 1.24. The molecular weight excluding hydrogens is 242 g/mol. The van der Waals surface area contributed by atoms with Gasteiger partial charge in [-0.15, -0.1) is 0 Å². The quantitative estimate of drug-likeness (QED) is 0.805. The number of anilines is 2.